The number of phosphoric ester groups is 1. The van der Waals surface area contributed by atoms with Gasteiger partial charge in [-0.1, -0.05) is 147 Å². The molecule has 0 aromatic heterocycles. The summed E-state index contributed by atoms with van der Waals surface area (Å²) in [5, 5.41) is 0. The Hall–Kier alpha value is -1.51. The topological polar surface area (TPSA) is 134 Å². The van der Waals surface area contributed by atoms with Crippen LogP contribution >= 0.6 is 7.82 Å². The molecule has 0 saturated heterocycles. The number of carbonyl (C=O) groups is 2. The summed E-state index contributed by atoms with van der Waals surface area (Å²) in [6.07, 6.45) is 36.4. The fraction of sp³-hybridized carbons (Fsp3) is 0.846. The van der Waals surface area contributed by atoms with Gasteiger partial charge >= 0.3 is 19.8 Å². The quantitative estimate of drug-likeness (QED) is 0.0279. The smallest absolute Gasteiger partial charge is 0.462 e. The molecule has 0 rings (SSSR count). The Kier molecular flexibility index (Phi) is 35.2. The fourth-order valence-corrected chi connectivity index (χ4v) is 6.13. The Labute approximate surface area is 300 Å². The van der Waals surface area contributed by atoms with Crippen molar-refractivity contribution in [1.82, 2.24) is 0 Å². The number of hydrogen-bond acceptors (Lipinski definition) is 8. The molecule has 49 heavy (non-hydrogen) atoms. The number of ether oxygens (including phenoxy) is 2. The molecule has 3 N–H and O–H groups in total. The molecular formula is C39H74NO8P. The van der Waals surface area contributed by atoms with Gasteiger partial charge in [0.1, 0.15) is 6.61 Å². The van der Waals surface area contributed by atoms with Crippen molar-refractivity contribution in [3.63, 3.8) is 0 Å². The maximum atomic E-state index is 12.5. The Bertz CT molecular complexity index is 866. The molecule has 0 amide bonds. The lowest BCUT2D eigenvalue weighted by Crippen LogP contribution is -2.29. The van der Waals surface area contributed by atoms with Crippen molar-refractivity contribution in [1.29, 1.82) is 0 Å². The number of unbranched alkanes of at least 4 members (excludes halogenated alkanes) is 20. The Morgan fingerprint density at radius 2 is 1.06 bits per heavy atom. The number of rotatable bonds is 37. The molecule has 0 aliphatic heterocycles. The molecule has 0 aliphatic rings. The summed E-state index contributed by atoms with van der Waals surface area (Å²) in [6, 6.07) is 0. The zero-order valence-electron chi connectivity index (χ0n) is 31.4. The Morgan fingerprint density at radius 1 is 0.612 bits per heavy atom. The third-order valence-electron chi connectivity index (χ3n) is 8.34. The van der Waals surface area contributed by atoms with E-state index in [-0.39, 0.29) is 32.6 Å². The molecule has 0 aromatic carbocycles. The van der Waals surface area contributed by atoms with Crippen molar-refractivity contribution in [2.45, 2.75) is 187 Å². The maximum Gasteiger partial charge on any atom is 0.472 e. The van der Waals surface area contributed by atoms with E-state index in [2.05, 4.69) is 38.2 Å². The third-order valence-corrected chi connectivity index (χ3v) is 9.32. The summed E-state index contributed by atoms with van der Waals surface area (Å²) >= 11 is 0. The normalized spacial score (nSPS) is 13.6. The van der Waals surface area contributed by atoms with Crippen molar-refractivity contribution in [2.75, 3.05) is 26.4 Å². The third kappa shape index (κ3) is 36.1. The van der Waals surface area contributed by atoms with E-state index in [0.717, 1.165) is 38.5 Å². The van der Waals surface area contributed by atoms with Crippen LogP contribution in [0.15, 0.2) is 24.3 Å². The molecule has 0 aliphatic carbocycles. The number of carbonyl (C=O) groups excluding carboxylic acids is 2. The van der Waals surface area contributed by atoms with Gasteiger partial charge in [0.15, 0.2) is 6.10 Å². The molecule has 2 atom stereocenters. The van der Waals surface area contributed by atoms with Crippen LogP contribution in [-0.4, -0.2) is 49.3 Å². The molecule has 9 nitrogen and oxygen atoms in total. The van der Waals surface area contributed by atoms with Gasteiger partial charge in [0.05, 0.1) is 13.2 Å². The molecule has 0 radical (unpaired) electrons. The Balaban J connectivity index is 4.25. The van der Waals surface area contributed by atoms with E-state index < -0.39 is 32.5 Å². The van der Waals surface area contributed by atoms with Crippen LogP contribution in [0.25, 0.3) is 0 Å². The number of esters is 2. The highest BCUT2D eigenvalue weighted by atomic mass is 31.2. The van der Waals surface area contributed by atoms with Gasteiger partial charge in [-0.25, -0.2) is 4.57 Å². The molecule has 0 bridgehead atoms. The summed E-state index contributed by atoms with van der Waals surface area (Å²) < 4.78 is 32.6. The highest BCUT2D eigenvalue weighted by Gasteiger charge is 2.25. The van der Waals surface area contributed by atoms with E-state index >= 15 is 0 Å². The van der Waals surface area contributed by atoms with Gasteiger partial charge in [-0.2, -0.15) is 0 Å². The fourth-order valence-electron chi connectivity index (χ4n) is 5.37. The van der Waals surface area contributed by atoms with Crippen LogP contribution in [0.4, 0.5) is 0 Å². The van der Waals surface area contributed by atoms with E-state index in [1.165, 1.54) is 103 Å². The average molecular weight is 716 g/mol. The van der Waals surface area contributed by atoms with Crippen LogP contribution in [0.3, 0.4) is 0 Å². The zero-order chi connectivity index (χ0) is 36.1. The lowest BCUT2D eigenvalue weighted by Gasteiger charge is -2.19. The number of allylic oxidation sites excluding steroid dienone is 4. The number of phosphoric acid groups is 1. The predicted octanol–water partition coefficient (Wildman–Crippen LogP) is 10.8. The second-order valence-corrected chi connectivity index (χ2v) is 14.6. The van der Waals surface area contributed by atoms with E-state index in [1.54, 1.807) is 0 Å². The minimum Gasteiger partial charge on any atom is -0.462 e. The van der Waals surface area contributed by atoms with E-state index in [1.807, 2.05) is 0 Å². The number of nitrogens with two attached hydrogens (primary N) is 1. The lowest BCUT2D eigenvalue weighted by molar-refractivity contribution is -0.161. The highest BCUT2D eigenvalue weighted by Crippen LogP contribution is 2.43. The second kappa shape index (κ2) is 36.3. The van der Waals surface area contributed by atoms with Crippen LogP contribution < -0.4 is 5.73 Å². The van der Waals surface area contributed by atoms with Gasteiger partial charge < -0.3 is 20.1 Å². The summed E-state index contributed by atoms with van der Waals surface area (Å²) in [5.74, 6) is -0.863. The van der Waals surface area contributed by atoms with Crippen LogP contribution in [-0.2, 0) is 32.7 Å². The molecule has 0 saturated carbocycles. The zero-order valence-corrected chi connectivity index (χ0v) is 32.3. The van der Waals surface area contributed by atoms with E-state index in [0.29, 0.717) is 12.8 Å². The number of hydrogen-bond donors (Lipinski definition) is 2. The molecule has 0 spiro atoms. The summed E-state index contributed by atoms with van der Waals surface area (Å²) in [6.45, 7) is 3.69. The van der Waals surface area contributed by atoms with Crippen molar-refractivity contribution in [2.24, 2.45) is 5.73 Å². The molecular weight excluding hydrogens is 641 g/mol. The van der Waals surface area contributed by atoms with Crippen molar-refractivity contribution in [3.8, 4) is 0 Å². The minimum absolute atomic E-state index is 0.0508. The van der Waals surface area contributed by atoms with Crippen molar-refractivity contribution < 1.29 is 37.6 Å². The first-order valence-corrected chi connectivity index (χ1v) is 21.3. The van der Waals surface area contributed by atoms with Crippen LogP contribution in [0.5, 0.6) is 0 Å². The van der Waals surface area contributed by atoms with Crippen LogP contribution in [0.1, 0.15) is 181 Å². The standard InChI is InChI=1S/C39H74NO8P/c1-3-5-7-9-11-13-15-17-18-20-21-23-25-27-29-31-38(41)45-35-37(36-47-49(43,44)46-34-33-40)48-39(42)32-30-28-26-24-22-19-16-14-12-10-8-6-4-2/h17-18,21,23,37H,3-16,19-20,22,24-36,40H2,1-2H3,(H,43,44)/b18-17+,23-21+/t37-/m1/s1. The first-order chi connectivity index (χ1) is 23.8. The first kappa shape index (κ1) is 47.5. The summed E-state index contributed by atoms with van der Waals surface area (Å²) in [7, 11) is -4.37. The van der Waals surface area contributed by atoms with Crippen LogP contribution in [0, 0.1) is 0 Å². The molecule has 0 fully saturated rings. The molecule has 10 heteroatoms. The second-order valence-electron chi connectivity index (χ2n) is 13.2. The predicted molar refractivity (Wildman–Crippen MR) is 201 cm³/mol. The molecule has 0 heterocycles. The van der Waals surface area contributed by atoms with Gasteiger partial charge in [0, 0.05) is 19.4 Å². The van der Waals surface area contributed by atoms with Gasteiger partial charge in [0.25, 0.3) is 0 Å². The average Bonchev–Trinajstić information content (AvgIpc) is 3.08. The SMILES string of the molecule is CCCCCCCC/C=C/C/C=C/CCCCC(=O)OC[C@H](COP(=O)(O)OCCN)OC(=O)CCCCCCCCCCCCCCC. The first-order valence-electron chi connectivity index (χ1n) is 19.8. The Morgan fingerprint density at radius 3 is 1.59 bits per heavy atom. The highest BCUT2D eigenvalue weighted by molar-refractivity contribution is 7.47. The minimum atomic E-state index is -4.37. The van der Waals surface area contributed by atoms with Crippen molar-refractivity contribution >= 4 is 19.8 Å². The molecule has 288 valence electrons. The van der Waals surface area contributed by atoms with E-state index in [4.69, 9.17) is 24.3 Å². The summed E-state index contributed by atoms with van der Waals surface area (Å²) in [4.78, 5) is 34.7. The lowest BCUT2D eigenvalue weighted by atomic mass is 10.0. The summed E-state index contributed by atoms with van der Waals surface area (Å²) in [5.41, 5.74) is 5.33. The molecule has 0 aromatic rings. The molecule has 1 unspecified atom stereocenters. The van der Waals surface area contributed by atoms with Gasteiger partial charge in [0.2, 0.25) is 0 Å². The van der Waals surface area contributed by atoms with Gasteiger partial charge in [-0.05, 0) is 44.9 Å². The van der Waals surface area contributed by atoms with Crippen LogP contribution in [0.2, 0.25) is 0 Å². The largest absolute Gasteiger partial charge is 0.472 e. The van der Waals surface area contributed by atoms with Gasteiger partial charge in [-0.3, -0.25) is 18.6 Å². The maximum absolute atomic E-state index is 12.5. The van der Waals surface area contributed by atoms with Gasteiger partial charge in [-0.15, -0.1) is 0 Å². The monoisotopic (exact) mass is 716 g/mol. The van der Waals surface area contributed by atoms with Crippen molar-refractivity contribution in [3.05, 3.63) is 24.3 Å². The van der Waals surface area contributed by atoms with E-state index in [9.17, 15) is 19.0 Å².